The Labute approximate surface area is 123 Å². The predicted molar refractivity (Wildman–Crippen MR) is 79.0 cm³/mol. The molecule has 0 aromatic heterocycles. The molecule has 3 nitrogen and oxygen atoms in total. The Morgan fingerprint density at radius 1 is 1.26 bits per heavy atom. The van der Waals surface area contributed by atoms with Crippen molar-refractivity contribution >= 4 is 34.8 Å². The second-order valence-electron chi connectivity index (χ2n) is 4.93. The fraction of sp³-hybridized carbons (Fsp3) is 0.429. The maximum Gasteiger partial charge on any atom is 0.271 e. The summed E-state index contributed by atoms with van der Waals surface area (Å²) in [6.07, 6.45) is 4.20. The standard InChI is InChI=1S/C14H16Cl2N2O/c1-9-2-5-11(6-3-9)17-18-14(19)10-4-7-12(15)13(16)8-10/h4,7-9H,2-3,5-6H2,1H3,(H,18,19). The summed E-state index contributed by atoms with van der Waals surface area (Å²) in [5.74, 6) is 0.495. The molecule has 1 aliphatic rings. The Morgan fingerprint density at radius 3 is 2.58 bits per heavy atom. The van der Waals surface area contributed by atoms with Crippen molar-refractivity contribution in [3.05, 3.63) is 33.8 Å². The number of nitrogens with one attached hydrogen (secondary N) is 1. The molecule has 102 valence electrons. The fourth-order valence-corrected chi connectivity index (χ4v) is 2.34. The van der Waals surface area contributed by atoms with Gasteiger partial charge in [-0.1, -0.05) is 30.1 Å². The van der Waals surface area contributed by atoms with Crippen molar-refractivity contribution in [2.75, 3.05) is 0 Å². The molecule has 0 atom stereocenters. The molecule has 1 aliphatic carbocycles. The van der Waals surface area contributed by atoms with Crippen LogP contribution in [0.2, 0.25) is 10.0 Å². The van der Waals surface area contributed by atoms with Crippen LogP contribution in [0.4, 0.5) is 0 Å². The predicted octanol–water partition coefficient (Wildman–Crippen LogP) is 4.29. The molecular formula is C14H16Cl2N2O. The highest BCUT2D eigenvalue weighted by Gasteiger charge is 2.14. The number of halogens is 2. The fourth-order valence-electron chi connectivity index (χ4n) is 2.04. The Kier molecular flexibility index (Phi) is 4.83. The highest BCUT2D eigenvalue weighted by molar-refractivity contribution is 6.42. The normalized spacial score (nSPS) is 19.1. The molecule has 0 saturated heterocycles. The molecule has 0 unspecified atom stereocenters. The zero-order valence-corrected chi connectivity index (χ0v) is 12.3. The van der Waals surface area contributed by atoms with Gasteiger partial charge in [0.05, 0.1) is 10.0 Å². The Balaban J connectivity index is 1.97. The van der Waals surface area contributed by atoms with E-state index in [-0.39, 0.29) is 5.91 Å². The molecule has 2 rings (SSSR count). The Hall–Kier alpha value is -1.06. The molecule has 0 radical (unpaired) electrons. The summed E-state index contributed by atoms with van der Waals surface area (Å²) in [5, 5.41) is 4.99. The topological polar surface area (TPSA) is 41.5 Å². The molecule has 19 heavy (non-hydrogen) atoms. The van der Waals surface area contributed by atoms with Gasteiger partial charge in [0, 0.05) is 11.3 Å². The lowest BCUT2D eigenvalue weighted by Gasteiger charge is -2.18. The van der Waals surface area contributed by atoms with Gasteiger partial charge in [0.2, 0.25) is 0 Å². The molecule has 0 bridgehead atoms. The molecule has 1 fully saturated rings. The Bertz CT molecular complexity index is 504. The summed E-state index contributed by atoms with van der Waals surface area (Å²) in [4.78, 5) is 11.9. The lowest BCUT2D eigenvalue weighted by molar-refractivity contribution is 0.0954. The van der Waals surface area contributed by atoms with Gasteiger partial charge in [-0.3, -0.25) is 4.79 Å². The third-order valence-electron chi connectivity index (χ3n) is 3.35. The largest absolute Gasteiger partial charge is 0.271 e. The third-order valence-corrected chi connectivity index (χ3v) is 4.09. The van der Waals surface area contributed by atoms with E-state index in [1.54, 1.807) is 18.2 Å². The lowest BCUT2D eigenvalue weighted by Crippen LogP contribution is -2.21. The molecule has 0 spiro atoms. The number of hydrazone groups is 1. The molecular weight excluding hydrogens is 283 g/mol. The van der Waals surface area contributed by atoms with Crippen LogP contribution in [0.1, 0.15) is 43.0 Å². The van der Waals surface area contributed by atoms with Crippen LogP contribution in [-0.4, -0.2) is 11.6 Å². The average molecular weight is 299 g/mol. The summed E-state index contributed by atoms with van der Waals surface area (Å²) in [7, 11) is 0. The number of benzene rings is 1. The van der Waals surface area contributed by atoms with E-state index in [0.29, 0.717) is 15.6 Å². The number of nitrogens with zero attached hydrogens (tertiary/aromatic N) is 1. The van der Waals surface area contributed by atoms with E-state index in [4.69, 9.17) is 23.2 Å². The summed E-state index contributed by atoms with van der Waals surface area (Å²) >= 11 is 11.7. The van der Waals surface area contributed by atoms with Crippen molar-refractivity contribution < 1.29 is 4.79 Å². The van der Waals surface area contributed by atoms with E-state index >= 15 is 0 Å². The summed E-state index contributed by atoms with van der Waals surface area (Å²) in [5.41, 5.74) is 4.10. The summed E-state index contributed by atoms with van der Waals surface area (Å²) in [6, 6.07) is 4.78. The first-order valence-electron chi connectivity index (χ1n) is 6.37. The lowest BCUT2D eigenvalue weighted by atomic mass is 9.90. The van der Waals surface area contributed by atoms with E-state index in [2.05, 4.69) is 17.5 Å². The van der Waals surface area contributed by atoms with Crippen molar-refractivity contribution in [3.8, 4) is 0 Å². The minimum absolute atomic E-state index is 0.260. The van der Waals surface area contributed by atoms with Crippen LogP contribution in [0.25, 0.3) is 0 Å². The number of rotatable bonds is 2. The first kappa shape index (κ1) is 14.4. The van der Waals surface area contributed by atoms with Crippen LogP contribution in [0, 0.1) is 5.92 Å². The van der Waals surface area contributed by atoms with E-state index in [9.17, 15) is 4.79 Å². The highest BCUT2D eigenvalue weighted by Crippen LogP contribution is 2.23. The maximum atomic E-state index is 11.9. The van der Waals surface area contributed by atoms with Gasteiger partial charge in [-0.2, -0.15) is 5.10 Å². The summed E-state index contributed by atoms with van der Waals surface area (Å²) in [6.45, 7) is 2.24. The van der Waals surface area contributed by atoms with Gasteiger partial charge >= 0.3 is 0 Å². The molecule has 1 N–H and O–H groups in total. The summed E-state index contributed by atoms with van der Waals surface area (Å²) < 4.78 is 0. The SMILES string of the molecule is CC1CCC(=NNC(=O)c2ccc(Cl)c(Cl)c2)CC1. The monoisotopic (exact) mass is 298 g/mol. The van der Waals surface area contributed by atoms with Gasteiger partial charge in [0.25, 0.3) is 5.91 Å². The van der Waals surface area contributed by atoms with Gasteiger partial charge < -0.3 is 0 Å². The molecule has 5 heteroatoms. The van der Waals surface area contributed by atoms with Crippen LogP contribution >= 0.6 is 23.2 Å². The van der Waals surface area contributed by atoms with Crippen LogP contribution < -0.4 is 5.43 Å². The smallest absolute Gasteiger partial charge is 0.267 e. The van der Waals surface area contributed by atoms with Crippen molar-refractivity contribution in [1.29, 1.82) is 0 Å². The quantitative estimate of drug-likeness (QED) is 0.813. The molecule has 1 saturated carbocycles. The number of amides is 1. The van der Waals surface area contributed by atoms with E-state index in [1.807, 2.05) is 0 Å². The van der Waals surface area contributed by atoms with Crippen molar-refractivity contribution in [2.45, 2.75) is 32.6 Å². The third kappa shape index (κ3) is 3.95. The highest BCUT2D eigenvalue weighted by atomic mass is 35.5. The van der Waals surface area contributed by atoms with Gasteiger partial charge in [0.15, 0.2) is 0 Å². The van der Waals surface area contributed by atoms with E-state index < -0.39 is 0 Å². The average Bonchev–Trinajstić information content (AvgIpc) is 2.41. The van der Waals surface area contributed by atoms with Crippen molar-refractivity contribution in [3.63, 3.8) is 0 Å². The number of carbonyl (C=O) groups is 1. The molecule has 0 aliphatic heterocycles. The van der Waals surface area contributed by atoms with E-state index in [1.165, 1.54) is 0 Å². The molecule has 1 amide bonds. The second kappa shape index (κ2) is 6.40. The number of hydrogen-bond donors (Lipinski definition) is 1. The zero-order chi connectivity index (χ0) is 13.8. The van der Waals surface area contributed by atoms with Crippen LogP contribution in [0.5, 0.6) is 0 Å². The number of hydrogen-bond acceptors (Lipinski definition) is 2. The van der Waals surface area contributed by atoms with Gasteiger partial charge in [-0.15, -0.1) is 0 Å². The van der Waals surface area contributed by atoms with Crippen molar-refractivity contribution in [1.82, 2.24) is 5.43 Å². The van der Waals surface area contributed by atoms with Gasteiger partial charge in [-0.25, -0.2) is 5.43 Å². The minimum atomic E-state index is -0.260. The first-order valence-corrected chi connectivity index (χ1v) is 7.12. The maximum absolute atomic E-state index is 11.9. The van der Waals surface area contributed by atoms with Crippen molar-refractivity contribution in [2.24, 2.45) is 11.0 Å². The van der Waals surface area contributed by atoms with Crippen LogP contribution in [-0.2, 0) is 0 Å². The van der Waals surface area contributed by atoms with Crippen LogP contribution in [0.3, 0.4) is 0 Å². The Morgan fingerprint density at radius 2 is 1.95 bits per heavy atom. The second-order valence-corrected chi connectivity index (χ2v) is 5.74. The number of carbonyl (C=O) groups excluding carboxylic acids is 1. The van der Waals surface area contributed by atoms with Gasteiger partial charge in [0.1, 0.15) is 0 Å². The molecule has 0 heterocycles. The van der Waals surface area contributed by atoms with Crippen LogP contribution in [0.15, 0.2) is 23.3 Å². The molecule has 1 aromatic rings. The van der Waals surface area contributed by atoms with Gasteiger partial charge in [-0.05, 0) is 49.8 Å². The zero-order valence-electron chi connectivity index (χ0n) is 10.7. The molecule has 1 aromatic carbocycles. The van der Waals surface area contributed by atoms with E-state index in [0.717, 1.165) is 37.3 Å². The minimum Gasteiger partial charge on any atom is -0.267 e. The first-order chi connectivity index (χ1) is 9.06.